The molecule has 0 aliphatic rings. The Kier molecular flexibility index (Phi) is 5.25. The zero-order chi connectivity index (χ0) is 19.4. The maximum atomic E-state index is 13.1. The highest BCUT2D eigenvalue weighted by Crippen LogP contribution is 2.19. The minimum Gasteiger partial charge on any atom is -0.497 e. The van der Waals surface area contributed by atoms with E-state index in [9.17, 15) is 14.0 Å². The fraction of sp³-hybridized carbons (Fsp3) is 0.158. The summed E-state index contributed by atoms with van der Waals surface area (Å²) in [5, 5.41) is 6.63. The monoisotopic (exact) mass is 368 g/mol. The number of carbonyl (C=O) groups is 1. The highest BCUT2D eigenvalue weighted by atomic mass is 19.1. The summed E-state index contributed by atoms with van der Waals surface area (Å²) in [5.74, 6) is -0.159. The van der Waals surface area contributed by atoms with Crippen molar-refractivity contribution in [1.29, 1.82) is 0 Å². The van der Waals surface area contributed by atoms with E-state index >= 15 is 0 Å². The van der Waals surface area contributed by atoms with Crippen molar-refractivity contribution in [3.8, 4) is 17.0 Å². The summed E-state index contributed by atoms with van der Waals surface area (Å²) in [4.78, 5) is 28.3. The Hall–Kier alpha value is -3.55. The molecule has 8 heteroatoms. The average molecular weight is 368 g/mol. The third-order valence-corrected chi connectivity index (χ3v) is 3.90. The second-order valence-electron chi connectivity index (χ2n) is 5.82. The molecule has 1 heterocycles. The number of ether oxygens (including phenoxy) is 1. The number of carbonyl (C=O) groups excluding carboxylic acids is 1. The topological polar surface area (TPSA) is 86.1 Å². The van der Waals surface area contributed by atoms with E-state index in [1.807, 2.05) is 0 Å². The number of anilines is 1. The van der Waals surface area contributed by atoms with Crippen molar-refractivity contribution in [3.05, 3.63) is 70.5 Å². The molecule has 2 aromatic carbocycles. The van der Waals surface area contributed by atoms with Gasteiger partial charge in [0.2, 0.25) is 5.91 Å². The van der Waals surface area contributed by atoms with Crippen molar-refractivity contribution in [2.24, 2.45) is 0 Å². The maximum absolute atomic E-state index is 13.1. The van der Waals surface area contributed by atoms with E-state index in [1.165, 1.54) is 24.4 Å². The van der Waals surface area contributed by atoms with Crippen molar-refractivity contribution in [3.63, 3.8) is 0 Å². The summed E-state index contributed by atoms with van der Waals surface area (Å²) >= 11 is 0. The van der Waals surface area contributed by atoms with Gasteiger partial charge >= 0.3 is 5.69 Å². The second-order valence-corrected chi connectivity index (χ2v) is 5.82. The van der Waals surface area contributed by atoms with Gasteiger partial charge in [-0.1, -0.05) is 0 Å². The number of amides is 1. The molecule has 0 saturated heterocycles. The van der Waals surface area contributed by atoms with Crippen molar-refractivity contribution >= 4 is 11.6 Å². The first-order chi connectivity index (χ1) is 13.0. The lowest BCUT2D eigenvalue weighted by atomic mass is 10.1. The molecule has 27 heavy (non-hydrogen) atoms. The Morgan fingerprint density at radius 2 is 1.96 bits per heavy atom. The zero-order valence-corrected chi connectivity index (χ0v) is 14.8. The molecule has 0 atom stereocenters. The minimum atomic E-state index is -0.644. The Morgan fingerprint density at radius 1 is 1.22 bits per heavy atom. The van der Waals surface area contributed by atoms with Crippen LogP contribution in [0.2, 0.25) is 0 Å². The Balaban J connectivity index is 1.73. The normalized spacial score (nSPS) is 10.5. The summed E-state index contributed by atoms with van der Waals surface area (Å²) in [6.07, 6.45) is 1.42. The van der Waals surface area contributed by atoms with E-state index in [1.54, 1.807) is 38.3 Å². The van der Waals surface area contributed by atoms with Crippen LogP contribution < -0.4 is 15.7 Å². The second kappa shape index (κ2) is 7.77. The highest BCUT2D eigenvalue weighted by molar-refractivity contribution is 5.91. The number of halogens is 1. The largest absolute Gasteiger partial charge is 0.497 e. The van der Waals surface area contributed by atoms with Crippen LogP contribution in [0.5, 0.6) is 5.75 Å². The standard InChI is InChI=1S/C19H17FN4O3/c1-12-9-14(20)5-8-16(12)22-18(25)11-24-19(26)23-17(10-21-24)13-3-6-15(27-2)7-4-13/h3-10H,11H2,1-2H3,(H,22,25). The van der Waals surface area contributed by atoms with E-state index in [2.05, 4.69) is 15.4 Å². The molecule has 0 aliphatic heterocycles. The molecule has 1 N–H and O–H groups in total. The van der Waals surface area contributed by atoms with Gasteiger partial charge in [-0.3, -0.25) is 4.79 Å². The molecule has 0 aliphatic carbocycles. The van der Waals surface area contributed by atoms with Crippen molar-refractivity contribution in [2.45, 2.75) is 13.5 Å². The summed E-state index contributed by atoms with van der Waals surface area (Å²) < 4.78 is 19.2. The van der Waals surface area contributed by atoms with Crippen LogP contribution in [-0.2, 0) is 11.3 Å². The van der Waals surface area contributed by atoms with Crippen LogP contribution in [0.15, 0.2) is 53.5 Å². The molecule has 3 rings (SSSR count). The van der Waals surface area contributed by atoms with Crippen LogP contribution in [0.4, 0.5) is 10.1 Å². The Morgan fingerprint density at radius 3 is 2.59 bits per heavy atom. The first-order valence-electron chi connectivity index (χ1n) is 8.11. The van der Waals surface area contributed by atoms with Gasteiger partial charge in [0, 0.05) is 11.3 Å². The lowest BCUT2D eigenvalue weighted by molar-refractivity contribution is -0.117. The van der Waals surface area contributed by atoms with Crippen LogP contribution in [0.3, 0.4) is 0 Å². The number of benzene rings is 2. The molecule has 0 fully saturated rings. The molecule has 0 radical (unpaired) electrons. The number of nitrogens with zero attached hydrogens (tertiary/aromatic N) is 3. The molecule has 0 unspecified atom stereocenters. The Bertz CT molecular complexity index is 1030. The van der Waals surface area contributed by atoms with Gasteiger partial charge in [0.25, 0.3) is 0 Å². The third-order valence-electron chi connectivity index (χ3n) is 3.90. The van der Waals surface area contributed by atoms with Gasteiger partial charge in [-0.25, -0.2) is 13.9 Å². The molecule has 0 saturated carbocycles. The van der Waals surface area contributed by atoms with Crippen LogP contribution in [-0.4, -0.2) is 27.8 Å². The molecule has 3 aromatic rings. The number of hydrogen-bond acceptors (Lipinski definition) is 5. The van der Waals surface area contributed by atoms with Gasteiger partial charge < -0.3 is 10.1 Å². The zero-order valence-electron chi connectivity index (χ0n) is 14.8. The minimum absolute atomic E-state index is 0.300. The van der Waals surface area contributed by atoms with E-state index in [4.69, 9.17) is 4.74 Å². The van der Waals surface area contributed by atoms with E-state index in [0.29, 0.717) is 28.3 Å². The fourth-order valence-corrected chi connectivity index (χ4v) is 2.47. The predicted molar refractivity (Wildman–Crippen MR) is 98.0 cm³/mol. The van der Waals surface area contributed by atoms with E-state index in [0.717, 1.165) is 4.68 Å². The predicted octanol–water partition coefficient (Wildman–Crippen LogP) is 2.40. The van der Waals surface area contributed by atoms with Gasteiger partial charge in [0.15, 0.2) is 0 Å². The summed E-state index contributed by atoms with van der Waals surface area (Å²) in [7, 11) is 1.56. The van der Waals surface area contributed by atoms with E-state index < -0.39 is 11.6 Å². The number of aryl methyl sites for hydroxylation is 1. The van der Waals surface area contributed by atoms with Crippen molar-refractivity contribution < 1.29 is 13.9 Å². The first kappa shape index (κ1) is 18.2. The highest BCUT2D eigenvalue weighted by Gasteiger charge is 2.10. The third kappa shape index (κ3) is 4.35. The van der Waals surface area contributed by atoms with E-state index in [-0.39, 0.29) is 12.4 Å². The maximum Gasteiger partial charge on any atom is 0.365 e. The molecule has 0 bridgehead atoms. The van der Waals surface area contributed by atoms with Gasteiger partial charge in [-0.15, -0.1) is 0 Å². The summed E-state index contributed by atoms with van der Waals surface area (Å²) in [6.45, 7) is 1.37. The SMILES string of the molecule is COc1ccc(-c2cnn(CC(=O)Nc3ccc(F)cc3C)c(=O)n2)cc1. The molecule has 7 nitrogen and oxygen atoms in total. The molecule has 1 amide bonds. The molecule has 138 valence electrons. The number of rotatable bonds is 5. The van der Waals surface area contributed by atoms with Crippen molar-refractivity contribution in [1.82, 2.24) is 14.8 Å². The quantitative estimate of drug-likeness (QED) is 0.747. The molecule has 0 spiro atoms. The van der Waals surface area contributed by atoms with Crippen LogP contribution >= 0.6 is 0 Å². The number of methoxy groups -OCH3 is 1. The lowest BCUT2D eigenvalue weighted by Gasteiger charge is -2.09. The Labute approximate surface area is 154 Å². The number of hydrogen-bond donors (Lipinski definition) is 1. The molecular formula is C19H17FN4O3. The fourth-order valence-electron chi connectivity index (χ4n) is 2.47. The number of aromatic nitrogens is 3. The summed E-state index contributed by atoms with van der Waals surface area (Å²) in [5.41, 5.74) is 1.51. The van der Waals surface area contributed by atoms with Gasteiger partial charge in [0.1, 0.15) is 18.1 Å². The van der Waals surface area contributed by atoms with Gasteiger partial charge in [-0.2, -0.15) is 10.1 Å². The van der Waals surface area contributed by atoms with Crippen molar-refractivity contribution in [2.75, 3.05) is 12.4 Å². The van der Waals surface area contributed by atoms with Gasteiger partial charge in [-0.05, 0) is 55.0 Å². The smallest absolute Gasteiger partial charge is 0.365 e. The molecular weight excluding hydrogens is 351 g/mol. The molecule has 1 aromatic heterocycles. The van der Waals surface area contributed by atoms with Crippen LogP contribution in [0, 0.1) is 12.7 Å². The number of nitrogens with one attached hydrogen (secondary N) is 1. The lowest BCUT2D eigenvalue weighted by Crippen LogP contribution is -2.31. The van der Waals surface area contributed by atoms with Crippen LogP contribution in [0.25, 0.3) is 11.3 Å². The average Bonchev–Trinajstić information content (AvgIpc) is 2.66. The first-order valence-corrected chi connectivity index (χ1v) is 8.11. The van der Waals surface area contributed by atoms with Crippen LogP contribution in [0.1, 0.15) is 5.56 Å². The van der Waals surface area contributed by atoms with Gasteiger partial charge in [0.05, 0.1) is 19.0 Å². The summed E-state index contributed by atoms with van der Waals surface area (Å²) in [6, 6.07) is 11.0.